The molecule has 0 aromatic rings. The normalized spacial score (nSPS) is 10.2. The zero-order valence-electron chi connectivity index (χ0n) is 7.77. The molecule has 0 atom stereocenters. The number of nitrogens with zero attached hydrogens (tertiary/aromatic N) is 3. The van der Waals surface area contributed by atoms with Gasteiger partial charge in [-0.1, -0.05) is 5.16 Å². The van der Waals surface area contributed by atoms with Crippen molar-refractivity contribution in [3.63, 3.8) is 0 Å². The lowest BCUT2D eigenvalue weighted by Crippen LogP contribution is -2.25. The summed E-state index contributed by atoms with van der Waals surface area (Å²) in [5.41, 5.74) is 8.37. The van der Waals surface area contributed by atoms with Crippen molar-refractivity contribution in [1.29, 1.82) is 0 Å². The van der Waals surface area contributed by atoms with E-state index >= 15 is 0 Å². The fourth-order valence-electron chi connectivity index (χ4n) is 0.641. The molecule has 0 aliphatic heterocycles. The van der Waals surface area contributed by atoms with Gasteiger partial charge in [-0.05, 0) is 13.8 Å². The van der Waals surface area contributed by atoms with Gasteiger partial charge in [0.2, 0.25) is 0 Å². The Bertz CT molecular complexity index is 266. The Kier molecular flexibility index (Phi) is 5.14. The first-order chi connectivity index (χ1) is 6.17. The van der Waals surface area contributed by atoms with Crippen LogP contribution in [-0.4, -0.2) is 35.9 Å². The standard InChI is InChI=1S/C7H11N3O3/c1-4-13-7(11)6(9-8)5(2)10-12-3/h4H2,1-3H3/b10-5+. The van der Waals surface area contributed by atoms with E-state index < -0.39 is 5.97 Å². The van der Waals surface area contributed by atoms with Crippen molar-refractivity contribution in [3.8, 4) is 0 Å². The lowest BCUT2D eigenvalue weighted by atomic mass is 10.2. The molecule has 0 radical (unpaired) electrons. The number of rotatable bonds is 4. The third-order valence-corrected chi connectivity index (χ3v) is 1.14. The fourth-order valence-corrected chi connectivity index (χ4v) is 0.641. The number of ether oxygens (including phenoxy) is 1. The van der Waals surface area contributed by atoms with E-state index in [9.17, 15) is 4.79 Å². The third kappa shape index (κ3) is 3.48. The maximum Gasteiger partial charge on any atom is 0.423 e. The summed E-state index contributed by atoms with van der Waals surface area (Å²) in [7, 11) is 1.32. The average molecular weight is 185 g/mol. The molecule has 0 spiro atoms. The van der Waals surface area contributed by atoms with E-state index in [0.717, 1.165) is 0 Å². The molecular weight excluding hydrogens is 174 g/mol. The van der Waals surface area contributed by atoms with Crippen LogP contribution in [0.1, 0.15) is 13.8 Å². The monoisotopic (exact) mass is 185 g/mol. The highest BCUT2D eigenvalue weighted by molar-refractivity contribution is 6.63. The maximum atomic E-state index is 11.0. The molecular formula is C7H11N3O3. The van der Waals surface area contributed by atoms with Crippen LogP contribution >= 0.6 is 0 Å². The van der Waals surface area contributed by atoms with Crippen molar-refractivity contribution in [2.45, 2.75) is 13.8 Å². The van der Waals surface area contributed by atoms with Crippen molar-refractivity contribution in [3.05, 3.63) is 5.53 Å². The molecule has 0 saturated carbocycles. The molecule has 6 nitrogen and oxygen atoms in total. The van der Waals surface area contributed by atoms with Gasteiger partial charge in [-0.3, -0.25) is 0 Å². The number of hydrogen-bond acceptors (Lipinski definition) is 4. The highest BCUT2D eigenvalue weighted by Gasteiger charge is 2.25. The van der Waals surface area contributed by atoms with Gasteiger partial charge in [0.15, 0.2) is 5.71 Å². The van der Waals surface area contributed by atoms with Crippen molar-refractivity contribution >= 4 is 17.4 Å². The van der Waals surface area contributed by atoms with Gasteiger partial charge in [-0.15, -0.1) is 0 Å². The van der Waals surface area contributed by atoms with E-state index in [1.54, 1.807) is 6.92 Å². The van der Waals surface area contributed by atoms with E-state index in [2.05, 4.69) is 19.5 Å². The molecule has 0 heterocycles. The molecule has 0 aromatic heterocycles. The molecule has 6 heteroatoms. The Morgan fingerprint density at radius 3 is 2.62 bits per heavy atom. The molecule has 13 heavy (non-hydrogen) atoms. The predicted molar refractivity (Wildman–Crippen MR) is 45.4 cm³/mol. The Morgan fingerprint density at radius 1 is 1.62 bits per heavy atom. The molecule has 0 aliphatic rings. The third-order valence-electron chi connectivity index (χ3n) is 1.14. The lowest BCUT2D eigenvalue weighted by Gasteiger charge is -1.95. The van der Waals surface area contributed by atoms with Crippen LogP contribution in [-0.2, 0) is 14.4 Å². The molecule has 0 rings (SSSR count). The van der Waals surface area contributed by atoms with Crippen LogP contribution in [0.25, 0.3) is 5.53 Å². The van der Waals surface area contributed by atoms with E-state index in [-0.39, 0.29) is 18.0 Å². The number of carbonyl (C=O) groups excluding carboxylic acids is 1. The number of esters is 1. The molecule has 0 bridgehead atoms. The second kappa shape index (κ2) is 5.91. The first kappa shape index (κ1) is 11.3. The summed E-state index contributed by atoms with van der Waals surface area (Å²) < 4.78 is 4.60. The summed E-state index contributed by atoms with van der Waals surface area (Å²) in [5, 5.41) is 3.42. The molecule has 0 fully saturated rings. The van der Waals surface area contributed by atoms with Gasteiger partial charge in [0, 0.05) is 0 Å². The smallest absolute Gasteiger partial charge is 0.423 e. The quantitative estimate of drug-likeness (QED) is 0.207. The van der Waals surface area contributed by atoms with Gasteiger partial charge >= 0.3 is 11.7 Å². The molecule has 0 aromatic carbocycles. The Balaban J connectivity index is 4.63. The molecule has 72 valence electrons. The fraction of sp³-hybridized carbons (Fsp3) is 0.571. The van der Waals surface area contributed by atoms with E-state index in [4.69, 9.17) is 5.53 Å². The number of hydrogen-bond donors (Lipinski definition) is 0. The van der Waals surface area contributed by atoms with Gasteiger partial charge in [-0.25, -0.2) is 4.79 Å². The summed E-state index contributed by atoms with van der Waals surface area (Å²) in [6, 6.07) is 0. The van der Waals surface area contributed by atoms with Gasteiger partial charge in [0.1, 0.15) is 7.11 Å². The number of carbonyl (C=O) groups is 1. The summed E-state index contributed by atoms with van der Waals surface area (Å²) in [6.45, 7) is 3.32. The minimum absolute atomic E-state index is 0.156. The van der Waals surface area contributed by atoms with Crippen molar-refractivity contribution in [1.82, 2.24) is 0 Å². The van der Waals surface area contributed by atoms with Gasteiger partial charge < -0.3 is 15.1 Å². The highest BCUT2D eigenvalue weighted by atomic mass is 16.6. The van der Waals surface area contributed by atoms with E-state index in [1.165, 1.54) is 14.0 Å². The first-order valence-corrected chi connectivity index (χ1v) is 3.64. The summed E-state index contributed by atoms with van der Waals surface area (Å²) in [6.07, 6.45) is 0. The molecule has 0 unspecified atom stereocenters. The van der Waals surface area contributed by atoms with Crippen LogP contribution in [0.15, 0.2) is 5.16 Å². The zero-order valence-corrected chi connectivity index (χ0v) is 7.77. The van der Waals surface area contributed by atoms with Crippen LogP contribution in [0.3, 0.4) is 0 Å². The van der Waals surface area contributed by atoms with Crippen molar-refractivity contribution in [2.24, 2.45) is 5.16 Å². The molecule has 0 N–H and O–H groups in total. The summed E-state index contributed by atoms with van der Waals surface area (Å²) in [4.78, 5) is 18.2. The van der Waals surface area contributed by atoms with Gasteiger partial charge in [0.25, 0.3) is 0 Å². The second-order valence-electron chi connectivity index (χ2n) is 2.03. The first-order valence-electron chi connectivity index (χ1n) is 3.64. The average Bonchev–Trinajstić information content (AvgIpc) is 2.06. The molecule has 0 aliphatic carbocycles. The van der Waals surface area contributed by atoms with Crippen LogP contribution in [0.2, 0.25) is 0 Å². The number of oxime groups is 1. The van der Waals surface area contributed by atoms with E-state index in [1.807, 2.05) is 0 Å². The predicted octanol–water partition coefficient (Wildman–Crippen LogP) is 0.243. The summed E-state index contributed by atoms with van der Waals surface area (Å²) in [5.74, 6) is -0.733. The Labute approximate surface area is 75.7 Å². The Hall–Kier alpha value is -1.68. The highest BCUT2D eigenvalue weighted by Crippen LogP contribution is 1.87. The topological polar surface area (TPSA) is 84.3 Å². The van der Waals surface area contributed by atoms with Crippen LogP contribution < -0.4 is 0 Å². The van der Waals surface area contributed by atoms with Gasteiger partial charge in [-0.2, -0.15) is 4.79 Å². The second-order valence-corrected chi connectivity index (χ2v) is 2.03. The van der Waals surface area contributed by atoms with E-state index in [0.29, 0.717) is 0 Å². The Morgan fingerprint density at radius 2 is 2.23 bits per heavy atom. The van der Waals surface area contributed by atoms with Crippen LogP contribution in [0.4, 0.5) is 0 Å². The zero-order chi connectivity index (χ0) is 10.3. The summed E-state index contributed by atoms with van der Waals surface area (Å²) >= 11 is 0. The lowest BCUT2D eigenvalue weighted by molar-refractivity contribution is -0.139. The molecule has 0 amide bonds. The minimum atomic E-state index is -0.733. The largest absolute Gasteiger partial charge is 0.457 e. The van der Waals surface area contributed by atoms with Crippen LogP contribution in [0.5, 0.6) is 0 Å². The van der Waals surface area contributed by atoms with Crippen molar-refractivity contribution in [2.75, 3.05) is 13.7 Å². The van der Waals surface area contributed by atoms with Crippen LogP contribution in [0, 0.1) is 0 Å². The minimum Gasteiger partial charge on any atom is -0.457 e. The van der Waals surface area contributed by atoms with Gasteiger partial charge in [0.05, 0.1) is 6.61 Å². The SMILES string of the molecule is CCOC(=O)C(=[N+]=[N-])/C(C)=N/OC. The maximum absolute atomic E-state index is 11.0. The molecule has 0 saturated heterocycles. The van der Waals surface area contributed by atoms with Crippen molar-refractivity contribution < 1.29 is 19.2 Å².